The number of hydrogen-bond acceptors (Lipinski definition) is 5. The molecular weight excluding hydrogens is 411 g/mol. The molecule has 0 aliphatic carbocycles. The summed E-state index contributed by atoms with van der Waals surface area (Å²) in [5.41, 5.74) is 1.82. The molecule has 0 radical (unpaired) electrons. The van der Waals surface area contributed by atoms with Crippen LogP contribution in [0.4, 0.5) is 10.1 Å². The highest BCUT2D eigenvalue weighted by molar-refractivity contribution is 5.94. The van der Waals surface area contributed by atoms with Crippen LogP contribution in [0.3, 0.4) is 0 Å². The van der Waals surface area contributed by atoms with Crippen molar-refractivity contribution in [3.05, 3.63) is 53.8 Å². The number of halogens is 1. The Hall–Kier alpha value is -2.84. The Labute approximate surface area is 188 Å². The lowest BCUT2D eigenvalue weighted by Crippen LogP contribution is -2.38. The lowest BCUT2D eigenvalue weighted by atomic mass is 10.1. The predicted octanol–water partition coefficient (Wildman–Crippen LogP) is 2.92. The van der Waals surface area contributed by atoms with Gasteiger partial charge in [-0.25, -0.2) is 4.39 Å². The highest BCUT2D eigenvalue weighted by Gasteiger charge is 2.12. The van der Waals surface area contributed by atoms with E-state index in [9.17, 15) is 4.39 Å². The fourth-order valence-electron chi connectivity index (χ4n) is 3.66. The number of fused-ring (bicyclic) bond motifs is 1. The quantitative estimate of drug-likeness (QED) is 0.508. The molecule has 0 spiro atoms. The van der Waals surface area contributed by atoms with Gasteiger partial charge in [0.05, 0.1) is 33.0 Å². The van der Waals surface area contributed by atoms with Crippen LogP contribution in [-0.2, 0) is 11.2 Å². The van der Waals surface area contributed by atoms with E-state index >= 15 is 0 Å². The average molecular weight is 443 g/mol. The third kappa shape index (κ3) is 6.83. The van der Waals surface area contributed by atoms with Crippen LogP contribution in [0.25, 0.3) is 0 Å². The first-order chi connectivity index (χ1) is 15.8. The third-order valence-corrected chi connectivity index (χ3v) is 5.40. The van der Waals surface area contributed by atoms with Gasteiger partial charge in [-0.2, -0.15) is 0 Å². The highest BCUT2D eigenvalue weighted by atomic mass is 19.1. The fraction of sp³-hybridized carbons (Fsp3) is 0.458. The zero-order chi connectivity index (χ0) is 22.0. The summed E-state index contributed by atoms with van der Waals surface area (Å²) in [5.74, 6) is 1.97. The first-order valence-corrected chi connectivity index (χ1v) is 11.3. The maximum atomic E-state index is 13.5. The number of aliphatic imine (C=N–C) groups is 1. The van der Waals surface area contributed by atoms with Gasteiger partial charge in [-0.05, 0) is 36.2 Å². The highest BCUT2D eigenvalue weighted by Crippen LogP contribution is 2.32. The molecule has 0 bridgehead atoms. The summed E-state index contributed by atoms with van der Waals surface area (Å²) in [6.07, 6.45) is 1.57. The number of benzene rings is 2. The standard InChI is InChI=1S/C24H31FN4O3/c25-20-4-1-3-19(17-20)7-8-26-24(27-9-10-29-11-15-30-16-12-29)28-21-5-6-22-23(18-21)32-14-2-13-31-22/h1,3-6,17-18H,2,7-16H2,(H2,26,27,28). The molecule has 7 nitrogen and oxygen atoms in total. The lowest BCUT2D eigenvalue weighted by molar-refractivity contribution is 0.0394. The molecule has 0 unspecified atom stereocenters. The van der Waals surface area contributed by atoms with Gasteiger partial charge >= 0.3 is 0 Å². The summed E-state index contributed by atoms with van der Waals surface area (Å²) >= 11 is 0. The molecule has 2 aliphatic heterocycles. The molecule has 8 heteroatoms. The molecule has 2 aromatic carbocycles. The minimum absolute atomic E-state index is 0.216. The number of hydrogen-bond donors (Lipinski definition) is 2. The van der Waals surface area contributed by atoms with E-state index in [1.165, 1.54) is 6.07 Å². The van der Waals surface area contributed by atoms with E-state index in [4.69, 9.17) is 19.2 Å². The van der Waals surface area contributed by atoms with Crippen molar-refractivity contribution in [3.63, 3.8) is 0 Å². The molecule has 2 aliphatic rings. The van der Waals surface area contributed by atoms with E-state index in [1.807, 2.05) is 24.3 Å². The van der Waals surface area contributed by atoms with Crippen LogP contribution in [0.1, 0.15) is 12.0 Å². The van der Waals surface area contributed by atoms with Crippen LogP contribution >= 0.6 is 0 Å². The molecule has 0 atom stereocenters. The summed E-state index contributed by atoms with van der Waals surface area (Å²) in [6, 6.07) is 12.5. The Kier molecular flexibility index (Phi) is 8.17. The molecule has 4 rings (SSSR count). The molecule has 2 heterocycles. The molecule has 2 N–H and O–H groups in total. The lowest BCUT2D eigenvalue weighted by Gasteiger charge is -2.25. The van der Waals surface area contributed by atoms with E-state index in [0.717, 1.165) is 62.0 Å². The molecule has 1 saturated heterocycles. The number of ether oxygens (including phenoxy) is 3. The van der Waals surface area contributed by atoms with Crippen molar-refractivity contribution in [2.45, 2.75) is 12.8 Å². The predicted molar refractivity (Wildman–Crippen MR) is 123 cm³/mol. The Morgan fingerprint density at radius 1 is 1.00 bits per heavy atom. The smallest absolute Gasteiger partial charge is 0.195 e. The largest absolute Gasteiger partial charge is 0.490 e. The Morgan fingerprint density at radius 3 is 2.69 bits per heavy atom. The molecule has 1 fully saturated rings. The molecule has 32 heavy (non-hydrogen) atoms. The number of rotatable bonds is 7. The minimum atomic E-state index is -0.216. The van der Waals surface area contributed by atoms with Crippen LogP contribution in [0.5, 0.6) is 11.5 Å². The Morgan fingerprint density at radius 2 is 1.84 bits per heavy atom. The van der Waals surface area contributed by atoms with Crippen molar-refractivity contribution in [1.82, 2.24) is 10.2 Å². The molecule has 0 amide bonds. The van der Waals surface area contributed by atoms with Crippen molar-refractivity contribution >= 4 is 11.6 Å². The van der Waals surface area contributed by atoms with Gasteiger partial charge in [-0.15, -0.1) is 0 Å². The van der Waals surface area contributed by atoms with E-state index in [1.54, 1.807) is 12.1 Å². The van der Waals surface area contributed by atoms with Crippen molar-refractivity contribution < 1.29 is 18.6 Å². The van der Waals surface area contributed by atoms with Crippen LogP contribution in [0, 0.1) is 5.82 Å². The van der Waals surface area contributed by atoms with Gasteiger partial charge in [0.15, 0.2) is 17.5 Å². The van der Waals surface area contributed by atoms with Gasteiger partial charge in [-0.1, -0.05) is 12.1 Å². The van der Waals surface area contributed by atoms with E-state index in [-0.39, 0.29) is 5.82 Å². The second kappa shape index (κ2) is 11.7. The molecule has 2 aromatic rings. The number of anilines is 1. The SMILES string of the molecule is Fc1cccc(CCNC(=NCCN2CCOCC2)Nc2ccc3c(c2)OCCCO3)c1. The molecule has 0 aromatic heterocycles. The van der Waals surface area contributed by atoms with Gasteiger partial charge in [-0.3, -0.25) is 9.89 Å². The van der Waals surface area contributed by atoms with E-state index in [2.05, 4.69) is 15.5 Å². The van der Waals surface area contributed by atoms with Gasteiger partial charge in [0.25, 0.3) is 0 Å². The second-order valence-electron chi connectivity index (χ2n) is 7.83. The fourth-order valence-corrected chi connectivity index (χ4v) is 3.66. The van der Waals surface area contributed by atoms with Gasteiger partial charge in [0, 0.05) is 44.4 Å². The first-order valence-electron chi connectivity index (χ1n) is 11.3. The van der Waals surface area contributed by atoms with Crippen molar-refractivity contribution in [2.24, 2.45) is 4.99 Å². The molecule has 172 valence electrons. The van der Waals surface area contributed by atoms with Crippen LogP contribution in [0.2, 0.25) is 0 Å². The first kappa shape index (κ1) is 22.4. The number of nitrogens with zero attached hydrogens (tertiary/aromatic N) is 2. The normalized spacial score (nSPS) is 17.0. The summed E-state index contributed by atoms with van der Waals surface area (Å²) < 4.78 is 30.4. The number of nitrogens with one attached hydrogen (secondary N) is 2. The monoisotopic (exact) mass is 442 g/mol. The average Bonchev–Trinajstić information content (AvgIpc) is 3.05. The minimum Gasteiger partial charge on any atom is -0.490 e. The number of guanidine groups is 1. The van der Waals surface area contributed by atoms with E-state index < -0.39 is 0 Å². The summed E-state index contributed by atoms with van der Waals surface area (Å²) in [4.78, 5) is 7.11. The van der Waals surface area contributed by atoms with Crippen LogP contribution in [0.15, 0.2) is 47.5 Å². The van der Waals surface area contributed by atoms with Crippen molar-refractivity contribution in [2.75, 3.05) is 64.5 Å². The van der Waals surface area contributed by atoms with Crippen molar-refractivity contribution in [3.8, 4) is 11.5 Å². The van der Waals surface area contributed by atoms with Gasteiger partial charge < -0.3 is 24.8 Å². The molecular formula is C24H31FN4O3. The van der Waals surface area contributed by atoms with Gasteiger partial charge in [0.2, 0.25) is 0 Å². The molecule has 0 saturated carbocycles. The van der Waals surface area contributed by atoms with Crippen LogP contribution < -0.4 is 20.1 Å². The summed E-state index contributed by atoms with van der Waals surface area (Å²) in [5, 5.41) is 6.74. The summed E-state index contributed by atoms with van der Waals surface area (Å²) in [7, 11) is 0. The third-order valence-electron chi connectivity index (χ3n) is 5.40. The topological polar surface area (TPSA) is 67.4 Å². The zero-order valence-corrected chi connectivity index (χ0v) is 18.3. The maximum absolute atomic E-state index is 13.5. The zero-order valence-electron chi connectivity index (χ0n) is 18.3. The maximum Gasteiger partial charge on any atom is 0.195 e. The van der Waals surface area contributed by atoms with Crippen LogP contribution in [-0.4, -0.2) is 70.0 Å². The Balaban J connectivity index is 1.38. The van der Waals surface area contributed by atoms with E-state index in [0.29, 0.717) is 38.7 Å². The summed E-state index contributed by atoms with van der Waals surface area (Å²) in [6.45, 7) is 6.91. The Bertz CT molecular complexity index is 903. The number of morpholine rings is 1. The second-order valence-corrected chi connectivity index (χ2v) is 7.83. The van der Waals surface area contributed by atoms with Crippen molar-refractivity contribution in [1.29, 1.82) is 0 Å². The van der Waals surface area contributed by atoms with Gasteiger partial charge in [0.1, 0.15) is 5.82 Å².